The van der Waals surface area contributed by atoms with Gasteiger partial charge in [-0.05, 0) is 74.3 Å². The zero-order valence-electron chi connectivity index (χ0n) is 12.7. The number of rotatable bonds is 1. The topological polar surface area (TPSA) is 42.4 Å². The van der Waals surface area contributed by atoms with Crippen molar-refractivity contribution in [2.24, 2.45) is 0 Å². The van der Waals surface area contributed by atoms with Gasteiger partial charge in [0, 0.05) is 34.0 Å². The standard InChI is InChI=1S/C16H21IN2O2/c1-16(2,3)21-15(20)19-12-4-5-14(19)13(7-12)10-6-11(17)9-18-8-10/h6,8-9,12-14H,4-5,7H2,1-3H3. The first kappa shape index (κ1) is 15.1. The minimum atomic E-state index is -0.432. The summed E-state index contributed by atoms with van der Waals surface area (Å²) in [6.45, 7) is 5.76. The summed E-state index contributed by atoms with van der Waals surface area (Å²) in [6, 6.07) is 2.78. The van der Waals surface area contributed by atoms with Gasteiger partial charge in [-0.25, -0.2) is 4.79 Å². The molecule has 3 rings (SSSR count). The van der Waals surface area contributed by atoms with Gasteiger partial charge >= 0.3 is 6.09 Å². The van der Waals surface area contributed by atoms with Gasteiger partial charge in [-0.3, -0.25) is 4.98 Å². The average Bonchev–Trinajstić information content (AvgIpc) is 2.94. The van der Waals surface area contributed by atoms with Crippen molar-refractivity contribution in [2.45, 2.75) is 63.6 Å². The van der Waals surface area contributed by atoms with Crippen molar-refractivity contribution < 1.29 is 9.53 Å². The molecule has 0 spiro atoms. The number of amides is 1. The number of halogens is 1. The molecule has 0 aliphatic carbocycles. The van der Waals surface area contributed by atoms with Crippen molar-refractivity contribution in [1.82, 2.24) is 9.88 Å². The highest BCUT2D eigenvalue weighted by molar-refractivity contribution is 14.1. The van der Waals surface area contributed by atoms with E-state index in [1.54, 1.807) is 0 Å². The summed E-state index contributed by atoms with van der Waals surface area (Å²) in [5, 5.41) is 0. The number of ether oxygens (including phenoxy) is 1. The van der Waals surface area contributed by atoms with Crippen LogP contribution in [0.1, 0.15) is 51.5 Å². The van der Waals surface area contributed by atoms with Gasteiger partial charge in [-0.2, -0.15) is 0 Å². The highest BCUT2D eigenvalue weighted by Gasteiger charge is 2.50. The third-order valence-electron chi connectivity index (χ3n) is 4.30. The van der Waals surface area contributed by atoms with Crippen LogP contribution in [0.15, 0.2) is 18.5 Å². The van der Waals surface area contributed by atoms with Gasteiger partial charge in [0.15, 0.2) is 0 Å². The summed E-state index contributed by atoms with van der Waals surface area (Å²) >= 11 is 2.29. The lowest BCUT2D eigenvalue weighted by Crippen LogP contribution is -2.40. The molecule has 2 saturated heterocycles. The molecule has 2 aliphatic heterocycles. The van der Waals surface area contributed by atoms with E-state index >= 15 is 0 Å². The summed E-state index contributed by atoms with van der Waals surface area (Å²) in [6.07, 6.45) is 6.85. The normalized spacial score (nSPS) is 28.0. The number of carbonyl (C=O) groups is 1. The molecule has 114 valence electrons. The van der Waals surface area contributed by atoms with E-state index < -0.39 is 5.60 Å². The Bertz CT molecular complexity index is 555. The molecule has 1 aromatic rings. The Morgan fingerprint density at radius 3 is 2.81 bits per heavy atom. The molecule has 3 heterocycles. The smallest absolute Gasteiger partial charge is 0.410 e. The third-order valence-corrected chi connectivity index (χ3v) is 4.89. The lowest BCUT2D eigenvalue weighted by molar-refractivity contribution is 0.0213. The molecule has 2 bridgehead atoms. The molecule has 0 aromatic carbocycles. The maximum atomic E-state index is 12.5. The first-order valence-electron chi connectivity index (χ1n) is 7.47. The summed E-state index contributed by atoms with van der Waals surface area (Å²) in [7, 11) is 0. The maximum Gasteiger partial charge on any atom is 0.410 e. The zero-order chi connectivity index (χ0) is 15.2. The predicted octanol–water partition coefficient (Wildman–Crippen LogP) is 3.94. The van der Waals surface area contributed by atoms with Crippen molar-refractivity contribution in [2.75, 3.05) is 0 Å². The van der Waals surface area contributed by atoms with Crippen LogP contribution in [0.25, 0.3) is 0 Å². The Labute approximate surface area is 139 Å². The molecule has 1 amide bonds. The van der Waals surface area contributed by atoms with E-state index in [1.807, 2.05) is 38.1 Å². The van der Waals surface area contributed by atoms with Crippen molar-refractivity contribution in [1.29, 1.82) is 0 Å². The van der Waals surface area contributed by atoms with Gasteiger partial charge in [-0.1, -0.05) is 0 Å². The van der Waals surface area contributed by atoms with Crippen LogP contribution >= 0.6 is 22.6 Å². The van der Waals surface area contributed by atoms with E-state index in [4.69, 9.17) is 4.74 Å². The monoisotopic (exact) mass is 400 g/mol. The molecular formula is C16H21IN2O2. The minimum Gasteiger partial charge on any atom is -0.444 e. The Morgan fingerprint density at radius 2 is 2.14 bits per heavy atom. The third kappa shape index (κ3) is 3.03. The molecule has 2 aliphatic rings. The SMILES string of the molecule is CC(C)(C)OC(=O)N1C2CCC1C(c1cncc(I)c1)C2. The summed E-state index contributed by atoms with van der Waals surface area (Å²) in [4.78, 5) is 18.7. The highest BCUT2D eigenvalue weighted by Crippen LogP contribution is 2.47. The number of fused-ring (bicyclic) bond motifs is 2. The molecule has 3 atom stereocenters. The second-order valence-electron chi connectivity index (χ2n) is 6.96. The number of aromatic nitrogens is 1. The summed E-state index contributed by atoms with van der Waals surface area (Å²) in [5.41, 5.74) is 0.820. The molecule has 3 unspecified atom stereocenters. The van der Waals surface area contributed by atoms with Crippen molar-refractivity contribution in [3.63, 3.8) is 0 Å². The van der Waals surface area contributed by atoms with Crippen LogP contribution in [0.5, 0.6) is 0 Å². The van der Waals surface area contributed by atoms with Crippen molar-refractivity contribution >= 4 is 28.7 Å². The van der Waals surface area contributed by atoms with Gasteiger partial charge in [0.05, 0.1) is 0 Å². The van der Waals surface area contributed by atoms with Crippen LogP contribution in [0.2, 0.25) is 0 Å². The molecule has 0 N–H and O–H groups in total. The van der Waals surface area contributed by atoms with Gasteiger partial charge < -0.3 is 9.64 Å². The fraction of sp³-hybridized carbons (Fsp3) is 0.625. The molecule has 0 radical (unpaired) electrons. The molecule has 1 aromatic heterocycles. The average molecular weight is 400 g/mol. The molecule has 21 heavy (non-hydrogen) atoms. The summed E-state index contributed by atoms with van der Waals surface area (Å²) < 4.78 is 6.73. The van der Waals surface area contributed by atoms with Gasteiger partial charge in [-0.15, -0.1) is 0 Å². The Balaban J connectivity index is 1.79. The van der Waals surface area contributed by atoms with E-state index in [0.717, 1.165) is 22.8 Å². The Hall–Kier alpha value is -0.850. The summed E-state index contributed by atoms with van der Waals surface area (Å²) in [5.74, 6) is 0.401. The van der Waals surface area contributed by atoms with E-state index in [1.165, 1.54) is 5.56 Å². The van der Waals surface area contributed by atoms with Gasteiger partial charge in [0.25, 0.3) is 0 Å². The molecule has 5 heteroatoms. The van der Waals surface area contributed by atoms with Crippen LogP contribution in [0.4, 0.5) is 4.79 Å². The number of carbonyl (C=O) groups excluding carboxylic acids is 1. The first-order valence-corrected chi connectivity index (χ1v) is 8.55. The number of hydrogen-bond donors (Lipinski definition) is 0. The number of nitrogens with zero attached hydrogens (tertiary/aromatic N) is 2. The van der Waals surface area contributed by atoms with Crippen LogP contribution in [0, 0.1) is 3.57 Å². The molecule has 2 fully saturated rings. The minimum absolute atomic E-state index is 0.156. The highest BCUT2D eigenvalue weighted by atomic mass is 127. The fourth-order valence-electron chi connectivity index (χ4n) is 3.58. The molecule has 0 saturated carbocycles. The largest absolute Gasteiger partial charge is 0.444 e. The van der Waals surface area contributed by atoms with Gasteiger partial charge in [0.2, 0.25) is 0 Å². The van der Waals surface area contributed by atoms with Crippen LogP contribution in [-0.4, -0.2) is 33.7 Å². The Kier molecular flexibility index (Phi) is 3.88. The second kappa shape index (κ2) is 5.41. The van der Waals surface area contributed by atoms with E-state index in [9.17, 15) is 4.79 Å². The Morgan fingerprint density at radius 1 is 1.38 bits per heavy atom. The maximum absolute atomic E-state index is 12.5. The quantitative estimate of drug-likeness (QED) is 0.671. The van der Waals surface area contributed by atoms with Crippen LogP contribution in [-0.2, 0) is 4.74 Å². The lowest BCUT2D eigenvalue weighted by Gasteiger charge is -2.28. The van der Waals surface area contributed by atoms with E-state index in [2.05, 4.69) is 33.6 Å². The van der Waals surface area contributed by atoms with Crippen molar-refractivity contribution in [3.05, 3.63) is 27.6 Å². The van der Waals surface area contributed by atoms with Gasteiger partial charge in [0.1, 0.15) is 5.60 Å². The first-order chi connectivity index (χ1) is 9.85. The van der Waals surface area contributed by atoms with E-state index in [0.29, 0.717) is 12.0 Å². The van der Waals surface area contributed by atoms with E-state index in [-0.39, 0.29) is 12.1 Å². The van der Waals surface area contributed by atoms with Crippen molar-refractivity contribution in [3.8, 4) is 0 Å². The number of pyridine rings is 1. The fourth-order valence-corrected chi connectivity index (χ4v) is 4.10. The molecular weight excluding hydrogens is 379 g/mol. The molecule has 4 nitrogen and oxygen atoms in total. The van der Waals surface area contributed by atoms with Crippen LogP contribution < -0.4 is 0 Å². The number of hydrogen-bond acceptors (Lipinski definition) is 3. The second-order valence-corrected chi connectivity index (χ2v) is 8.21. The van der Waals surface area contributed by atoms with Crippen LogP contribution in [0.3, 0.4) is 0 Å². The lowest BCUT2D eigenvalue weighted by atomic mass is 9.85. The zero-order valence-corrected chi connectivity index (χ0v) is 14.8. The predicted molar refractivity (Wildman–Crippen MR) is 89.2 cm³/mol.